The van der Waals surface area contributed by atoms with Crippen molar-refractivity contribution < 1.29 is 31.8 Å². The van der Waals surface area contributed by atoms with E-state index in [1.807, 2.05) is 0 Å². The Labute approximate surface area is 224 Å². The summed E-state index contributed by atoms with van der Waals surface area (Å²) in [5, 5.41) is 3.03. The Morgan fingerprint density at radius 3 is 2.39 bits per heavy atom. The minimum atomic E-state index is -3.25. The maximum Gasteiger partial charge on any atom is 0.349 e. The van der Waals surface area contributed by atoms with Gasteiger partial charge >= 0.3 is 5.69 Å². The monoisotopic (exact) mass is 591 g/mol. The second-order valence-corrected chi connectivity index (χ2v) is 9.59. The van der Waals surface area contributed by atoms with Crippen LogP contribution in [0.3, 0.4) is 0 Å². The Hall–Kier alpha value is -3.53. The number of carbonyl (C=O) groups is 1. The zero-order valence-corrected chi connectivity index (χ0v) is 21.4. The van der Waals surface area contributed by atoms with Gasteiger partial charge in [0.1, 0.15) is 17.0 Å². The van der Waals surface area contributed by atoms with Crippen LogP contribution >= 0.6 is 23.2 Å². The number of methoxy groups -OCH3 is 1. The van der Waals surface area contributed by atoms with Crippen molar-refractivity contribution in [2.24, 2.45) is 5.73 Å². The van der Waals surface area contributed by atoms with Crippen molar-refractivity contribution in [1.82, 2.24) is 14.8 Å². The number of nitrogens with one attached hydrogen (secondary N) is 1. The Balaban J connectivity index is 1.74. The number of amides is 1. The second kappa shape index (κ2) is 10.3. The van der Waals surface area contributed by atoms with E-state index < -0.39 is 46.1 Å². The lowest BCUT2D eigenvalue weighted by Gasteiger charge is -2.29. The number of primary amides is 1. The number of alkyl halides is 2. The largest absolute Gasteiger partial charge is 0.495 e. The topological polar surface area (TPSA) is 170 Å². The average Bonchev–Trinajstić information content (AvgIpc) is 3.63. The fraction of sp³-hybridized carbons (Fsp3) is 0.238. The van der Waals surface area contributed by atoms with Gasteiger partial charge in [0.2, 0.25) is 5.91 Å². The summed E-state index contributed by atoms with van der Waals surface area (Å²) in [6, 6.07) is 6.41. The van der Waals surface area contributed by atoms with Gasteiger partial charge in [0.25, 0.3) is 23.3 Å². The molecule has 1 aliphatic rings. The van der Waals surface area contributed by atoms with Gasteiger partial charge < -0.3 is 15.2 Å². The Morgan fingerprint density at radius 1 is 1.26 bits per heavy atom. The van der Waals surface area contributed by atoms with Gasteiger partial charge in [-0.15, -0.1) is 0 Å². The third-order valence-corrected chi connectivity index (χ3v) is 7.02. The van der Waals surface area contributed by atoms with Crippen LogP contribution in [-0.2, 0) is 16.1 Å². The number of anilines is 1. The van der Waals surface area contributed by atoms with Crippen LogP contribution in [0.25, 0.3) is 5.69 Å². The number of halogens is 4. The zero-order valence-electron chi connectivity index (χ0n) is 19.1. The first kappa shape index (κ1) is 27.5. The number of aromatic amines is 1. The fourth-order valence-electron chi connectivity index (χ4n) is 3.64. The smallest absolute Gasteiger partial charge is 0.349 e. The van der Waals surface area contributed by atoms with Crippen molar-refractivity contribution >= 4 is 46.1 Å². The highest BCUT2D eigenvalue weighted by Gasteiger charge is 2.57. The van der Waals surface area contributed by atoms with Gasteiger partial charge in [-0.1, -0.05) is 23.2 Å². The predicted octanol–water partition coefficient (Wildman–Crippen LogP) is 2.93. The molecule has 0 saturated heterocycles. The molecular formula is C21H17Cl2F2N5O7S. The Morgan fingerprint density at radius 2 is 1.89 bits per heavy atom. The van der Waals surface area contributed by atoms with Gasteiger partial charge in [-0.05, 0) is 37.1 Å². The van der Waals surface area contributed by atoms with Crippen LogP contribution in [-0.4, -0.2) is 42.1 Å². The highest BCUT2D eigenvalue weighted by atomic mass is 35.5. The summed E-state index contributed by atoms with van der Waals surface area (Å²) in [6.45, 7) is 0. The third-order valence-electron chi connectivity index (χ3n) is 5.60. The number of nitrogens with two attached hydrogens (primary N) is 1. The number of hydrogen-bond donors (Lipinski definition) is 3. The Kier molecular flexibility index (Phi) is 7.47. The van der Waals surface area contributed by atoms with Crippen LogP contribution in [0.1, 0.15) is 25.0 Å². The number of hydrogen-bond acceptors (Lipinski definition) is 7. The molecule has 4 rings (SSSR count). The van der Waals surface area contributed by atoms with E-state index in [1.54, 1.807) is 4.98 Å². The molecule has 12 nitrogen and oxygen atoms in total. The van der Waals surface area contributed by atoms with Crippen LogP contribution < -0.4 is 30.8 Å². The predicted molar refractivity (Wildman–Crippen MR) is 133 cm³/mol. The number of carbonyl (C=O) groups excluding carboxylic acids is 1. The summed E-state index contributed by atoms with van der Waals surface area (Å²) in [5.74, 6) is -0.742. The molecule has 1 heterocycles. The second-order valence-electron chi connectivity index (χ2n) is 7.95. The summed E-state index contributed by atoms with van der Waals surface area (Å²) in [4.78, 5) is 37.5. The van der Waals surface area contributed by atoms with Crippen molar-refractivity contribution in [3.05, 3.63) is 66.9 Å². The van der Waals surface area contributed by atoms with Crippen LogP contribution in [0.15, 0.2) is 39.9 Å². The van der Waals surface area contributed by atoms with Crippen molar-refractivity contribution in [3.8, 4) is 22.9 Å². The molecule has 1 aromatic heterocycles. The summed E-state index contributed by atoms with van der Waals surface area (Å²) < 4.78 is 60.8. The van der Waals surface area contributed by atoms with Crippen LogP contribution in [0, 0.1) is 0 Å². The van der Waals surface area contributed by atoms with Gasteiger partial charge in [-0.2, -0.15) is 9.78 Å². The SMILES string of the molecule is COc1ccc(Oc2c(Cl)cc(-n3nc(C(F)F)c(=O)[nH]c3=O)cc2Cl)cc1N(S(=O)O)C1(C(N)=O)CC1. The average molecular weight is 592 g/mol. The molecule has 0 radical (unpaired) electrons. The molecule has 3 aromatic rings. The van der Waals surface area contributed by atoms with E-state index >= 15 is 0 Å². The van der Waals surface area contributed by atoms with Gasteiger partial charge in [0.15, 0.2) is 11.4 Å². The van der Waals surface area contributed by atoms with E-state index in [0.29, 0.717) is 4.68 Å². The number of ether oxygens (including phenoxy) is 2. The number of rotatable bonds is 9. The molecule has 202 valence electrons. The molecule has 2 aromatic carbocycles. The zero-order chi connectivity index (χ0) is 27.9. The minimum Gasteiger partial charge on any atom is -0.495 e. The van der Waals surface area contributed by atoms with Crippen molar-refractivity contribution in [3.63, 3.8) is 0 Å². The molecule has 0 aliphatic heterocycles. The van der Waals surface area contributed by atoms with Gasteiger partial charge in [-0.3, -0.25) is 19.1 Å². The molecule has 1 unspecified atom stereocenters. The number of H-pyrrole nitrogens is 1. The first-order chi connectivity index (χ1) is 17.9. The summed E-state index contributed by atoms with van der Waals surface area (Å²) in [7, 11) is 1.32. The highest BCUT2D eigenvalue weighted by molar-refractivity contribution is 7.80. The molecule has 1 saturated carbocycles. The molecule has 0 bridgehead atoms. The lowest BCUT2D eigenvalue weighted by Crippen LogP contribution is -2.48. The number of benzene rings is 2. The standard InChI is InChI=1S/C21H17Cl2F2N5O7S/c1-36-14-3-2-10(8-13(14)30(38(34)35)21(4-5-21)19(26)32)37-16-11(22)6-9(7-12(16)23)29-20(33)27-18(31)15(28-29)17(24)25/h2-3,6-8,17H,4-5H2,1H3,(H2,26,32)(H,34,35)(H,27,31,33). The maximum atomic E-state index is 13.1. The van der Waals surface area contributed by atoms with Crippen LogP contribution in [0.2, 0.25) is 10.0 Å². The van der Waals surface area contributed by atoms with E-state index in [0.717, 1.165) is 16.4 Å². The molecule has 17 heteroatoms. The van der Waals surface area contributed by atoms with Gasteiger partial charge in [0, 0.05) is 6.07 Å². The highest BCUT2D eigenvalue weighted by Crippen LogP contribution is 2.49. The molecule has 1 aliphatic carbocycles. The maximum absolute atomic E-state index is 13.1. The lowest BCUT2D eigenvalue weighted by atomic mass is 10.2. The molecule has 1 amide bonds. The molecule has 4 N–H and O–H groups in total. The van der Waals surface area contributed by atoms with E-state index in [2.05, 4.69) is 5.10 Å². The molecule has 1 atom stereocenters. The number of aromatic nitrogens is 3. The molecule has 0 spiro atoms. The normalized spacial score (nSPS) is 14.7. The Bertz CT molecular complexity index is 1560. The first-order valence-corrected chi connectivity index (χ1v) is 12.3. The molecule has 38 heavy (non-hydrogen) atoms. The summed E-state index contributed by atoms with van der Waals surface area (Å²) >= 11 is 9.93. The van der Waals surface area contributed by atoms with Crippen molar-refractivity contribution in [2.45, 2.75) is 24.8 Å². The summed E-state index contributed by atoms with van der Waals surface area (Å²) in [6.07, 6.45) is -2.76. The van der Waals surface area contributed by atoms with Crippen molar-refractivity contribution in [2.75, 3.05) is 11.4 Å². The molecular weight excluding hydrogens is 575 g/mol. The van der Waals surface area contributed by atoms with Crippen molar-refractivity contribution in [1.29, 1.82) is 0 Å². The van der Waals surface area contributed by atoms with E-state index in [-0.39, 0.29) is 51.5 Å². The van der Waals surface area contributed by atoms with Crippen LogP contribution in [0.5, 0.6) is 17.2 Å². The molecule has 1 fully saturated rings. The van der Waals surface area contributed by atoms with Gasteiger partial charge in [0.05, 0.1) is 28.5 Å². The third kappa shape index (κ3) is 4.97. The van der Waals surface area contributed by atoms with Crippen LogP contribution in [0.4, 0.5) is 14.5 Å². The fourth-order valence-corrected chi connectivity index (χ4v) is 5.07. The number of nitrogens with zero attached hydrogens (tertiary/aromatic N) is 3. The van der Waals surface area contributed by atoms with Gasteiger partial charge in [-0.25, -0.2) is 22.1 Å². The lowest BCUT2D eigenvalue weighted by molar-refractivity contribution is -0.119. The van der Waals surface area contributed by atoms with E-state index in [1.165, 1.54) is 25.3 Å². The van der Waals surface area contributed by atoms with E-state index in [9.17, 15) is 31.9 Å². The quantitative estimate of drug-likeness (QED) is 0.319. The minimum absolute atomic E-state index is 0.0227. The first-order valence-electron chi connectivity index (χ1n) is 10.5. The summed E-state index contributed by atoms with van der Waals surface area (Å²) in [5.41, 5.74) is 0.337. The van der Waals surface area contributed by atoms with E-state index in [4.69, 9.17) is 38.4 Å².